The van der Waals surface area contributed by atoms with E-state index in [1.807, 2.05) is 6.92 Å². The Labute approximate surface area is 124 Å². The summed E-state index contributed by atoms with van der Waals surface area (Å²) in [5.41, 5.74) is 0.721. The van der Waals surface area contributed by atoms with E-state index in [4.69, 9.17) is 11.6 Å². The van der Waals surface area contributed by atoms with Gasteiger partial charge in [-0.15, -0.1) is 0 Å². The molecule has 0 unspecified atom stereocenters. The van der Waals surface area contributed by atoms with E-state index in [-0.39, 0.29) is 5.91 Å². The maximum absolute atomic E-state index is 12.3. The Morgan fingerprint density at radius 1 is 1.30 bits per heavy atom. The molecule has 0 bridgehead atoms. The second-order valence-electron chi connectivity index (χ2n) is 5.53. The van der Waals surface area contributed by atoms with Crippen LogP contribution in [0.5, 0.6) is 0 Å². The summed E-state index contributed by atoms with van der Waals surface area (Å²) in [5.74, 6) is -0.187. The summed E-state index contributed by atoms with van der Waals surface area (Å²) in [7, 11) is 0. The van der Waals surface area contributed by atoms with E-state index in [0.29, 0.717) is 10.6 Å². The Bertz CT molecular complexity index is 540. The number of carbonyl (C=O) groups excluding carboxylic acids is 1. The van der Waals surface area contributed by atoms with Crippen molar-refractivity contribution in [2.75, 3.05) is 0 Å². The fraction of sp³-hybridized carbons (Fsp3) is 0.500. The van der Waals surface area contributed by atoms with Gasteiger partial charge in [-0.1, -0.05) is 37.3 Å². The van der Waals surface area contributed by atoms with Crippen molar-refractivity contribution >= 4 is 17.5 Å². The molecular weight excluding hydrogens is 272 g/mol. The number of benzene rings is 1. The van der Waals surface area contributed by atoms with E-state index < -0.39 is 5.54 Å². The first-order valence-corrected chi connectivity index (χ1v) is 7.44. The molecule has 0 heterocycles. The summed E-state index contributed by atoms with van der Waals surface area (Å²) < 4.78 is 0. The third kappa shape index (κ3) is 3.32. The molecule has 1 aliphatic rings. The summed E-state index contributed by atoms with van der Waals surface area (Å²) >= 11 is 5.97. The molecule has 20 heavy (non-hydrogen) atoms. The van der Waals surface area contributed by atoms with Crippen LogP contribution in [-0.2, 0) is 0 Å². The molecule has 0 radical (unpaired) electrons. The summed E-state index contributed by atoms with van der Waals surface area (Å²) in [6, 6.07) is 7.51. The standard InChI is InChI=1S/C16H19ClN2O/c1-12-10-13(6-7-14(12)17)15(20)19-16(11-18)8-4-2-3-5-9-16/h6-7,10H,2-5,8-9H2,1H3,(H,19,20). The molecule has 0 atom stereocenters. The van der Waals surface area contributed by atoms with Crippen LogP contribution < -0.4 is 5.32 Å². The van der Waals surface area contributed by atoms with Crippen molar-refractivity contribution in [2.24, 2.45) is 0 Å². The molecule has 4 heteroatoms. The number of carbonyl (C=O) groups is 1. The smallest absolute Gasteiger partial charge is 0.252 e. The van der Waals surface area contributed by atoms with Crippen LogP contribution >= 0.6 is 11.6 Å². The Kier molecular flexibility index (Phi) is 4.67. The largest absolute Gasteiger partial charge is 0.334 e. The summed E-state index contributed by atoms with van der Waals surface area (Å²) in [6.45, 7) is 1.87. The molecule has 0 aliphatic heterocycles. The highest BCUT2D eigenvalue weighted by molar-refractivity contribution is 6.31. The van der Waals surface area contributed by atoms with E-state index in [1.54, 1.807) is 18.2 Å². The molecule has 0 spiro atoms. The van der Waals surface area contributed by atoms with E-state index >= 15 is 0 Å². The number of nitrogens with zero attached hydrogens (tertiary/aromatic N) is 1. The van der Waals surface area contributed by atoms with Gasteiger partial charge in [0.25, 0.3) is 5.91 Å². The van der Waals surface area contributed by atoms with Gasteiger partial charge in [0, 0.05) is 10.6 Å². The van der Waals surface area contributed by atoms with Gasteiger partial charge >= 0.3 is 0 Å². The Morgan fingerprint density at radius 2 is 1.95 bits per heavy atom. The van der Waals surface area contributed by atoms with Gasteiger partial charge < -0.3 is 5.32 Å². The summed E-state index contributed by atoms with van der Waals surface area (Å²) in [6.07, 6.45) is 5.74. The van der Waals surface area contributed by atoms with Gasteiger partial charge in [-0.2, -0.15) is 5.26 Å². The number of nitriles is 1. The molecular formula is C16H19ClN2O. The number of amides is 1. The number of hydrogen-bond acceptors (Lipinski definition) is 2. The molecule has 1 N–H and O–H groups in total. The Balaban J connectivity index is 2.16. The molecule has 0 aromatic heterocycles. The van der Waals surface area contributed by atoms with Crippen molar-refractivity contribution < 1.29 is 4.79 Å². The minimum Gasteiger partial charge on any atom is -0.334 e. The van der Waals surface area contributed by atoms with Crippen LogP contribution in [0, 0.1) is 18.3 Å². The summed E-state index contributed by atoms with van der Waals surface area (Å²) in [4.78, 5) is 12.3. The predicted octanol–water partition coefficient (Wildman–Crippen LogP) is 3.99. The SMILES string of the molecule is Cc1cc(C(=O)NC2(C#N)CCCCCC2)ccc1Cl. The van der Waals surface area contributed by atoms with Gasteiger partial charge in [0.05, 0.1) is 6.07 Å². The molecule has 1 fully saturated rings. The van der Waals surface area contributed by atoms with E-state index in [0.717, 1.165) is 44.1 Å². The van der Waals surface area contributed by atoms with Crippen LogP contribution in [0.4, 0.5) is 0 Å². The molecule has 2 rings (SSSR count). The van der Waals surface area contributed by atoms with Crippen LogP contribution in [0.1, 0.15) is 54.4 Å². The number of rotatable bonds is 2. The lowest BCUT2D eigenvalue weighted by Gasteiger charge is -2.26. The van der Waals surface area contributed by atoms with Crippen molar-refractivity contribution in [1.82, 2.24) is 5.32 Å². The van der Waals surface area contributed by atoms with Crippen LogP contribution in [0.3, 0.4) is 0 Å². The summed E-state index contributed by atoms with van der Waals surface area (Å²) in [5, 5.41) is 13.1. The normalized spacial score (nSPS) is 17.9. The Morgan fingerprint density at radius 3 is 2.50 bits per heavy atom. The number of hydrogen-bond donors (Lipinski definition) is 1. The van der Waals surface area contributed by atoms with E-state index in [2.05, 4.69) is 11.4 Å². The highest BCUT2D eigenvalue weighted by Crippen LogP contribution is 2.27. The highest BCUT2D eigenvalue weighted by Gasteiger charge is 2.32. The molecule has 1 amide bonds. The fourth-order valence-electron chi connectivity index (χ4n) is 2.67. The molecule has 1 aliphatic carbocycles. The fourth-order valence-corrected chi connectivity index (χ4v) is 2.79. The van der Waals surface area contributed by atoms with Gasteiger partial charge in [0.2, 0.25) is 0 Å². The first kappa shape index (κ1) is 14.9. The van der Waals surface area contributed by atoms with Crippen molar-refractivity contribution in [1.29, 1.82) is 5.26 Å². The molecule has 106 valence electrons. The van der Waals surface area contributed by atoms with Crippen molar-refractivity contribution in [3.63, 3.8) is 0 Å². The molecule has 0 saturated heterocycles. The lowest BCUT2D eigenvalue weighted by Crippen LogP contribution is -2.47. The average molecular weight is 291 g/mol. The van der Waals surface area contributed by atoms with Crippen molar-refractivity contribution in [3.8, 4) is 6.07 Å². The maximum Gasteiger partial charge on any atom is 0.252 e. The number of halogens is 1. The Hall–Kier alpha value is -1.53. The quantitative estimate of drug-likeness (QED) is 0.837. The van der Waals surface area contributed by atoms with Gasteiger partial charge in [0.1, 0.15) is 5.54 Å². The second kappa shape index (κ2) is 6.28. The van der Waals surface area contributed by atoms with Crippen molar-refractivity contribution in [2.45, 2.75) is 51.0 Å². The predicted molar refractivity (Wildman–Crippen MR) is 79.7 cm³/mol. The first-order chi connectivity index (χ1) is 9.56. The second-order valence-corrected chi connectivity index (χ2v) is 5.93. The zero-order valence-corrected chi connectivity index (χ0v) is 12.5. The molecule has 3 nitrogen and oxygen atoms in total. The topological polar surface area (TPSA) is 52.9 Å². The van der Waals surface area contributed by atoms with E-state index in [1.165, 1.54) is 0 Å². The van der Waals surface area contributed by atoms with E-state index in [9.17, 15) is 10.1 Å². The highest BCUT2D eigenvalue weighted by atomic mass is 35.5. The zero-order valence-electron chi connectivity index (χ0n) is 11.7. The lowest BCUT2D eigenvalue weighted by atomic mass is 9.91. The van der Waals surface area contributed by atoms with Gasteiger partial charge in [-0.3, -0.25) is 4.79 Å². The van der Waals surface area contributed by atoms with Crippen LogP contribution in [0.15, 0.2) is 18.2 Å². The number of nitrogens with one attached hydrogen (secondary N) is 1. The molecule has 1 saturated carbocycles. The van der Waals surface area contributed by atoms with Crippen molar-refractivity contribution in [3.05, 3.63) is 34.3 Å². The minimum atomic E-state index is -0.707. The molecule has 1 aromatic carbocycles. The average Bonchev–Trinajstić information content (AvgIpc) is 2.68. The van der Waals surface area contributed by atoms with Crippen LogP contribution in [0.2, 0.25) is 5.02 Å². The van der Waals surface area contributed by atoms with Gasteiger partial charge in [0.15, 0.2) is 0 Å². The lowest BCUT2D eigenvalue weighted by molar-refractivity contribution is 0.0913. The molecule has 1 aromatic rings. The number of aryl methyl sites for hydroxylation is 1. The minimum absolute atomic E-state index is 0.187. The maximum atomic E-state index is 12.3. The first-order valence-electron chi connectivity index (χ1n) is 7.06. The zero-order chi connectivity index (χ0) is 14.6. The monoisotopic (exact) mass is 290 g/mol. The van der Waals surface area contributed by atoms with Gasteiger partial charge in [-0.25, -0.2) is 0 Å². The van der Waals surface area contributed by atoms with Gasteiger partial charge in [-0.05, 0) is 43.5 Å². The van der Waals surface area contributed by atoms with Crippen LogP contribution in [-0.4, -0.2) is 11.4 Å². The van der Waals surface area contributed by atoms with Crippen LogP contribution in [0.25, 0.3) is 0 Å². The third-order valence-electron chi connectivity index (χ3n) is 3.94. The third-order valence-corrected chi connectivity index (χ3v) is 4.37.